The number of aromatic nitrogens is 2. The molecule has 2 amide bonds. The van der Waals surface area contributed by atoms with Gasteiger partial charge < -0.3 is 14.6 Å². The van der Waals surface area contributed by atoms with Gasteiger partial charge in [-0.2, -0.15) is 4.37 Å². The van der Waals surface area contributed by atoms with Gasteiger partial charge >= 0.3 is 0 Å². The molecule has 3 aromatic rings. The Morgan fingerprint density at radius 3 is 2.57 bits per heavy atom. The molecule has 5 rings (SSSR count). The Bertz CT molecular complexity index is 1650. The van der Waals surface area contributed by atoms with Gasteiger partial charge in [-0.25, -0.2) is 9.38 Å². The normalized spacial score (nSPS) is 16.6. The number of halogens is 2. The minimum absolute atomic E-state index is 0.0244. The summed E-state index contributed by atoms with van der Waals surface area (Å²) in [5.41, 5.74) is 1.32. The van der Waals surface area contributed by atoms with E-state index in [-0.39, 0.29) is 51.8 Å². The van der Waals surface area contributed by atoms with E-state index >= 15 is 0 Å². The maximum absolute atomic E-state index is 14.5. The molecule has 0 fully saturated rings. The molecule has 11 heteroatoms. The summed E-state index contributed by atoms with van der Waals surface area (Å²) in [6.45, 7) is 15.2. The van der Waals surface area contributed by atoms with E-state index in [2.05, 4.69) is 50.4 Å². The van der Waals surface area contributed by atoms with Crippen LogP contribution in [0.1, 0.15) is 59.9 Å². The predicted molar refractivity (Wildman–Crippen MR) is 176 cm³/mol. The number of nitrogens with one attached hydrogen (secondary N) is 1. The molecular weight excluding hydrogens is 645 g/mol. The fourth-order valence-electron chi connectivity index (χ4n) is 4.94. The van der Waals surface area contributed by atoms with Gasteiger partial charge in [0.05, 0.1) is 22.6 Å². The van der Waals surface area contributed by atoms with Gasteiger partial charge in [0.15, 0.2) is 12.4 Å². The van der Waals surface area contributed by atoms with Gasteiger partial charge in [-0.05, 0) is 36.3 Å². The van der Waals surface area contributed by atoms with E-state index in [4.69, 9.17) is 11.2 Å². The average Bonchev–Trinajstić information content (AvgIpc) is 3.45. The summed E-state index contributed by atoms with van der Waals surface area (Å²) in [4.78, 5) is 30.6. The van der Waals surface area contributed by atoms with Gasteiger partial charge in [0.2, 0.25) is 10.7 Å². The molecule has 2 aliphatic heterocycles. The molecule has 44 heavy (non-hydrogen) atoms. The monoisotopic (exact) mass is 683 g/mol. The van der Waals surface area contributed by atoms with Crippen molar-refractivity contribution in [3.63, 3.8) is 0 Å². The first kappa shape index (κ1) is 33.4. The van der Waals surface area contributed by atoms with Gasteiger partial charge in [0, 0.05) is 30.6 Å². The van der Waals surface area contributed by atoms with Crippen LogP contribution in [-0.2, 0) is 28.1 Å². The molecule has 234 valence electrons. The Hall–Kier alpha value is -3.49. The number of nitrogens with zero attached hydrogens (tertiary/aromatic N) is 4. The zero-order valence-corrected chi connectivity index (χ0v) is 28.6. The minimum Gasteiger partial charge on any atom is -0.481 e. The Morgan fingerprint density at radius 2 is 1.93 bits per heavy atom. The second-order valence-electron chi connectivity index (χ2n) is 13.4. The third-order valence-electron chi connectivity index (χ3n) is 7.36. The highest BCUT2D eigenvalue weighted by molar-refractivity contribution is 9.10. The van der Waals surface area contributed by atoms with E-state index in [1.807, 2.05) is 69.5 Å². The SMILES string of the molecule is C#CCN1C(=O)COc2cc(F)c(N=c3snc4n3CC(C)(C)C4)cc21.CC(C)(NC(=O)C(Br)C(C)(C)C)c1ccccc1. The fourth-order valence-corrected chi connectivity index (χ4v) is 5.81. The maximum Gasteiger partial charge on any atom is 0.265 e. The summed E-state index contributed by atoms with van der Waals surface area (Å²) in [7, 11) is 0. The first-order valence-corrected chi connectivity index (χ1v) is 16.0. The lowest BCUT2D eigenvalue weighted by Crippen LogP contribution is -2.47. The summed E-state index contributed by atoms with van der Waals surface area (Å²) in [6.07, 6.45) is 6.22. The second kappa shape index (κ2) is 12.9. The van der Waals surface area contributed by atoms with Gasteiger partial charge in [0.1, 0.15) is 17.3 Å². The van der Waals surface area contributed by atoms with E-state index in [1.54, 1.807) is 0 Å². The van der Waals surface area contributed by atoms with Crippen LogP contribution in [0.5, 0.6) is 5.75 Å². The largest absolute Gasteiger partial charge is 0.481 e. The van der Waals surface area contributed by atoms with Crippen molar-refractivity contribution in [2.45, 2.75) is 71.8 Å². The maximum atomic E-state index is 14.5. The molecule has 0 spiro atoms. The highest BCUT2D eigenvalue weighted by atomic mass is 79.9. The molecular formula is C33H39BrFN5O3S. The first-order valence-electron chi connectivity index (χ1n) is 14.3. The average molecular weight is 685 g/mol. The van der Waals surface area contributed by atoms with Crippen molar-refractivity contribution in [1.29, 1.82) is 0 Å². The van der Waals surface area contributed by atoms with Crippen LogP contribution in [-0.4, -0.2) is 38.7 Å². The van der Waals surface area contributed by atoms with Crippen LogP contribution in [0.2, 0.25) is 0 Å². The van der Waals surface area contributed by atoms with E-state index < -0.39 is 5.82 Å². The Morgan fingerprint density at radius 1 is 1.25 bits per heavy atom. The zero-order valence-electron chi connectivity index (χ0n) is 26.2. The molecule has 1 aromatic heterocycles. The van der Waals surface area contributed by atoms with Crippen molar-refractivity contribution in [3.05, 3.63) is 64.5 Å². The van der Waals surface area contributed by atoms with Crippen LogP contribution in [0.4, 0.5) is 15.8 Å². The van der Waals surface area contributed by atoms with Crippen LogP contribution in [0.25, 0.3) is 0 Å². The highest BCUT2D eigenvalue weighted by Gasteiger charge is 2.33. The summed E-state index contributed by atoms with van der Waals surface area (Å²) >= 11 is 4.72. The molecule has 2 aliphatic rings. The first-order chi connectivity index (χ1) is 20.5. The molecule has 1 atom stereocenters. The van der Waals surface area contributed by atoms with E-state index in [0.29, 0.717) is 16.2 Å². The molecule has 1 N–H and O–H groups in total. The Labute approximate surface area is 271 Å². The highest BCUT2D eigenvalue weighted by Crippen LogP contribution is 2.37. The standard InChI is InChI=1S/C18H17FN4O2S.C15H22BrNO/c1-4-5-22-13-7-12(11(19)6-14(13)25-9-16(22)24)20-17-23-10-18(2,3)8-15(23)21-26-17;1-14(2,3)12(16)13(18)17-15(4,5)11-9-7-6-8-10-11/h1,6-7H,5,8-10H2,2-3H3;6-10,12H,1-5H3,(H,17,18). The molecule has 0 saturated heterocycles. The van der Waals surface area contributed by atoms with Crippen molar-refractivity contribution in [2.24, 2.45) is 15.8 Å². The number of fused-ring (bicyclic) bond motifs is 2. The van der Waals surface area contributed by atoms with Gasteiger partial charge in [-0.3, -0.25) is 14.5 Å². The molecule has 0 saturated carbocycles. The topological polar surface area (TPSA) is 88.8 Å². The van der Waals surface area contributed by atoms with Crippen molar-refractivity contribution >= 4 is 50.7 Å². The third-order valence-corrected chi connectivity index (χ3v) is 9.92. The number of ether oxygens (including phenoxy) is 1. The van der Waals surface area contributed by atoms with Gasteiger partial charge in [-0.1, -0.05) is 86.8 Å². The number of carbonyl (C=O) groups excluding carboxylic acids is 2. The van der Waals surface area contributed by atoms with Gasteiger partial charge in [0.25, 0.3) is 5.91 Å². The summed E-state index contributed by atoms with van der Waals surface area (Å²) in [6, 6.07) is 12.8. The smallest absolute Gasteiger partial charge is 0.265 e. The van der Waals surface area contributed by atoms with Crippen molar-refractivity contribution < 1.29 is 18.7 Å². The van der Waals surface area contributed by atoms with E-state index in [0.717, 1.165) is 24.4 Å². The van der Waals surface area contributed by atoms with Crippen molar-refractivity contribution in [1.82, 2.24) is 14.3 Å². The quantitative estimate of drug-likeness (QED) is 0.260. The molecule has 0 radical (unpaired) electrons. The molecule has 3 heterocycles. The number of carbonyl (C=O) groups is 2. The minimum atomic E-state index is -0.515. The number of hydrogen-bond acceptors (Lipinski definition) is 6. The number of benzene rings is 2. The summed E-state index contributed by atoms with van der Waals surface area (Å²) < 4.78 is 26.3. The zero-order chi connectivity index (χ0) is 32.4. The van der Waals surface area contributed by atoms with Crippen LogP contribution >= 0.6 is 27.5 Å². The summed E-state index contributed by atoms with van der Waals surface area (Å²) in [5, 5.41) is 3.09. The molecule has 8 nitrogen and oxygen atoms in total. The lowest BCUT2D eigenvalue weighted by molar-refractivity contribution is -0.123. The number of anilines is 1. The lowest BCUT2D eigenvalue weighted by Gasteiger charge is -2.31. The van der Waals surface area contributed by atoms with Crippen molar-refractivity contribution in [3.8, 4) is 18.1 Å². The lowest BCUT2D eigenvalue weighted by atomic mass is 9.89. The molecule has 0 aliphatic carbocycles. The fraction of sp³-hybridized carbons (Fsp3) is 0.455. The Balaban J connectivity index is 0.000000217. The number of alkyl halides is 1. The van der Waals surface area contributed by atoms with Crippen molar-refractivity contribution in [2.75, 3.05) is 18.1 Å². The van der Waals surface area contributed by atoms with Crippen LogP contribution in [0, 0.1) is 29.0 Å². The Kier molecular flexibility index (Phi) is 9.76. The van der Waals surface area contributed by atoms with E-state index in [9.17, 15) is 14.0 Å². The summed E-state index contributed by atoms with van der Waals surface area (Å²) in [5.74, 6) is 2.95. The molecule has 2 aromatic carbocycles. The van der Waals surface area contributed by atoms with E-state index in [1.165, 1.54) is 28.6 Å². The van der Waals surface area contributed by atoms with Gasteiger partial charge in [-0.15, -0.1) is 6.42 Å². The number of amides is 2. The third kappa shape index (κ3) is 7.59. The second-order valence-corrected chi connectivity index (χ2v) is 15.0. The van der Waals surface area contributed by atoms with Crippen LogP contribution < -0.4 is 19.8 Å². The number of hydrogen-bond donors (Lipinski definition) is 1. The van der Waals surface area contributed by atoms with Crippen LogP contribution in [0.3, 0.4) is 0 Å². The molecule has 0 bridgehead atoms. The molecule has 1 unspecified atom stereocenters. The predicted octanol–water partition coefficient (Wildman–Crippen LogP) is 6.10. The number of rotatable bonds is 5. The number of terminal acetylenes is 1. The van der Waals surface area contributed by atoms with Crippen LogP contribution in [0.15, 0.2) is 47.5 Å².